The van der Waals surface area contributed by atoms with Crippen LogP contribution in [0.5, 0.6) is 5.75 Å². The van der Waals surface area contributed by atoms with Crippen molar-refractivity contribution < 1.29 is 14.4 Å². The molecule has 0 unspecified atom stereocenters. The van der Waals surface area contributed by atoms with Gasteiger partial charge in [-0.3, -0.25) is 4.90 Å². The van der Waals surface area contributed by atoms with Crippen LogP contribution >= 0.6 is 0 Å². The Morgan fingerprint density at radius 1 is 1.22 bits per heavy atom. The molecular weight excluding hydrogens is 292 g/mol. The molecule has 1 aromatic heterocycles. The van der Waals surface area contributed by atoms with Crippen LogP contribution in [0.3, 0.4) is 0 Å². The van der Waals surface area contributed by atoms with Crippen molar-refractivity contribution in [3.63, 3.8) is 0 Å². The number of aliphatic hydroxyl groups is 1. The Balaban J connectivity index is 1.53. The molecule has 1 N–H and O–H groups in total. The van der Waals surface area contributed by atoms with E-state index in [0.717, 1.165) is 55.2 Å². The van der Waals surface area contributed by atoms with E-state index in [9.17, 15) is 5.11 Å². The number of likely N-dealkylation sites (tertiary alicyclic amines) is 1. The van der Waals surface area contributed by atoms with Gasteiger partial charge in [0.1, 0.15) is 18.1 Å². The molecular formula is C18H24N2O3. The Morgan fingerprint density at radius 3 is 2.52 bits per heavy atom. The minimum atomic E-state index is -0.119. The van der Waals surface area contributed by atoms with Gasteiger partial charge in [0.05, 0.1) is 17.4 Å². The smallest absolute Gasteiger partial charge is 0.140 e. The minimum Gasteiger partial charge on any atom is -0.489 e. The Kier molecular flexibility index (Phi) is 4.98. The lowest BCUT2D eigenvalue weighted by Crippen LogP contribution is -2.35. The standard InChI is InChI=1S/C18H24N2O3/c1-13-18(14(2)23-19-13)12-22-17-5-3-15(4-6-17)11-20-9-7-16(21)8-10-20/h3-6,16,21H,7-12H2,1-2H3. The average molecular weight is 316 g/mol. The van der Waals surface area contributed by atoms with Crippen LogP contribution in [0.25, 0.3) is 0 Å². The summed E-state index contributed by atoms with van der Waals surface area (Å²) in [6.45, 7) is 7.16. The van der Waals surface area contributed by atoms with Gasteiger partial charge >= 0.3 is 0 Å². The molecule has 5 nitrogen and oxygen atoms in total. The molecule has 0 amide bonds. The number of aromatic nitrogens is 1. The lowest BCUT2D eigenvalue weighted by molar-refractivity contribution is 0.0792. The molecule has 1 saturated heterocycles. The number of benzene rings is 1. The molecule has 1 aliphatic heterocycles. The van der Waals surface area contributed by atoms with E-state index in [2.05, 4.69) is 22.2 Å². The minimum absolute atomic E-state index is 0.119. The lowest BCUT2D eigenvalue weighted by atomic mass is 10.1. The van der Waals surface area contributed by atoms with Crippen LogP contribution in [-0.2, 0) is 13.2 Å². The third kappa shape index (κ3) is 4.12. The zero-order valence-electron chi connectivity index (χ0n) is 13.8. The summed E-state index contributed by atoms with van der Waals surface area (Å²) in [5, 5.41) is 13.5. The molecule has 1 aliphatic rings. The SMILES string of the molecule is Cc1noc(C)c1COc1ccc(CN2CCC(O)CC2)cc1. The molecule has 0 radical (unpaired) electrons. The first kappa shape index (κ1) is 16.0. The quantitative estimate of drug-likeness (QED) is 0.919. The van der Waals surface area contributed by atoms with Crippen molar-refractivity contribution in [1.29, 1.82) is 0 Å². The first-order chi connectivity index (χ1) is 11.1. The molecule has 3 rings (SSSR count). The second-order valence-corrected chi connectivity index (χ2v) is 6.24. The van der Waals surface area contributed by atoms with Gasteiger partial charge in [-0.2, -0.15) is 0 Å². The zero-order chi connectivity index (χ0) is 16.2. The average Bonchev–Trinajstić information content (AvgIpc) is 2.88. The van der Waals surface area contributed by atoms with Crippen molar-refractivity contribution in [2.24, 2.45) is 0 Å². The Hall–Kier alpha value is -1.85. The first-order valence-electron chi connectivity index (χ1n) is 8.15. The molecule has 23 heavy (non-hydrogen) atoms. The number of hydrogen-bond acceptors (Lipinski definition) is 5. The Morgan fingerprint density at radius 2 is 1.91 bits per heavy atom. The summed E-state index contributed by atoms with van der Waals surface area (Å²) < 4.78 is 11.0. The fourth-order valence-electron chi connectivity index (χ4n) is 2.89. The molecule has 0 spiro atoms. The van der Waals surface area contributed by atoms with Gasteiger partial charge in [0.2, 0.25) is 0 Å². The second-order valence-electron chi connectivity index (χ2n) is 6.24. The number of aliphatic hydroxyl groups excluding tert-OH is 1. The highest BCUT2D eigenvalue weighted by Crippen LogP contribution is 2.19. The normalized spacial score (nSPS) is 16.7. The predicted octanol–water partition coefficient (Wildman–Crippen LogP) is 2.83. The second kappa shape index (κ2) is 7.15. The van der Waals surface area contributed by atoms with Crippen LogP contribution < -0.4 is 4.74 Å². The largest absolute Gasteiger partial charge is 0.489 e. The van der Waals surface area contributed by atoms with E-state index in [1.807, 2.05) is 26.0 Å². The molecule has 124 valence electrons. The molecule has 2 heterocycles. The molecule has 0 atom stereocenters. The number of aryl methyl sites for hydroxylation is 2. The van der Waals surface area contributed by atoms with Crippen LogP contribution in [0.2, 0.25) is 0 Å². The highest BCUT2D eigenvalue weighted by Gasteiger charge is 2.16. The third-order valence-electron chi connectivity index (χ3n) is 4.45. The number of nitrogens with zero attached hydrogens (tertiary/aromatic N) is 2. The van der Waals surface area contributed by atoms with E-state index in [1.54, 1.807) is 0 Å². The van der Waals surface area contributed by atoms with Crippen molar-refractivity contribution in [2.75, 3.05) is 13.1 Å². The topological polar surface area (TPSA) is 58.7 Å². The molecule has 2 aromatic rings. The fraction of sp³-hybridized carbons (Fsp3) is 0.500. The summed E-state index contributed by atoms with van der Waals surface area (Å²) in [7, 11) is 0. The van der Waals surface area contributed by atoms with Gasteiger partial charge in [0, 0.05) is 19.6 Å². The fourth-order valence-corrected chi connectivity index (χ4v) is 2.89. The molecule has 5 heteroatoms. The maximum Gasteiger partial charge on any atom is 0.140 e. The first-order valence-corrected chi connectivity index (χ1v) is 8.15. The van der Waals surface area contributed by atoms with Gasteiger partial charge in [-0.1, -0.05) is 17.3 Å². The Labute approximate surface area is 136 Å². The predicted molar refractivity (Wildman–Crippen MR) is 87.3 cm³/mol. The highest BCUT2D eigenvalue weighted by molar-refractivity contribution is 5.28. The molecule has 0 bridgehead atoms. The molecule has 0 aliphatic carbocycles. The van der Waals surface area contributed by atoms with E-state index in [-0.39, 0.29) is 6.10 Å². The lowest BCUT2D eigenvalue weighted by Gasteiger charge is -2.29. The zero-order valence-corrected chi connectivity index (χ0v) is 13.8. The van der Waals surface area contributed by atoms with Crippen molar-refractivity contribution in [1.82, 2.24) is 10.1 Å². The van der Waals surface area contributed by atoms with Gasteiger partial charge in [-0.15, -0.1) is 0 Å². The summed E-state index contributed by atoms with van der Waals surface area (Å²) in [6.07, 6.45) is 1.63. The summed E-state index contributed by atoms with van der Waals surface area (Å²) in [6, 6.07) is 8.22. The van der Waals surface area contributed by atoms with Gasteiger partial charge in [-0.05, 0) is 44.4 Å². The summed E-state index contributed by atoms with van der Waals surface area (Å²) in [5.74, 6) is 1.66. The monoisotopic (exact) mass is 316 g/mol. The van der Waals surface area contributed by atoms with Crippen molar-refractivity contribution in [3.8, 4) is 5.75 Å². The maximum atomic E-state index is 9.55. The number of rotatable bonds is 5. The van der Waals surface area contributed by atoms with E-state index in [0.29, 0.717) is 6.61 Å². The van der Waals surface area contributed by atoms with Crippen LogP contribution in [0.4, 0.5) is 0 Å². The Bertz CT molecular complexity index is 609. The van der Waals surface area contributed by atoms with Crippen molar-refractivity contribution in [3.05, 3.63) is 46.8 Å². The van der Waals surface area contributed by atoms with Crippen LogP contribution in [0.1, 0.15) is 35.4 Å². The summed E-state index contributed by atoms with van der Waals surface area (Å²) >= 11 is 0. The van der Waals surface area contributed by atoms with Crippen LogP contribution in [0, 0.1) is 13.8 Å². The van der Waals surface area contributed by atoms with Crippen LogP contribution in [0.15, 0.2) is 28.8 Å². The van der Waals surface area contributed by atoms with E-state index < -0.39 is 0 Å². The maximum absolute atomic E-state index is 9.55. The van der Waals surface area contributed by atoms with E-state index in [4.69, 9.17) is 9.26 Å². The van der Waals surface area contributed by atoms with E-state index >= 15 is 0 Å². The number of piperidine rings is 1. The number of ether oxygens (including phenoxy) is 1. The van der Waals surface area contributed by atoms with Gasteiger partial charge < -0.3 is 14.4 Å². The summed E-state index contributed by atoms with van der Waals surface area (Å²) in [5.41, 5.74) is 3.17. The van der Waals surface area contributed by atoms with Gasteiger partial charge in [0.25, 0.3) is 0 Å². The molecule has 1 fully saturated rings. The third-order valence-corrected chi connectivity index (χ3v) is 4.45. The van der Waals surface area contributed by atoms with Gasteiger partial charge in [-0.25, -0.2) is 0 Å². The van der Waals surface area contributed by atoms with Crippen LogP contribution in [-0.4, -0.2) is 34.4 Å². The van der Waals surface area contributed by atoms with Crippen molar-refractivity contribution in [2.45, 2.75) is 45.9 Å². The van der Waals surface area contributed by atoms with E-state index in [1.165, 1.54) is 5.56 Å². The summed E-state index contributed by atoms with van der Waals surface area (Å²) in [4.78, 5) is 2.38. The van der Waals surface area contributed by atoms with Crippen molar-refractivity contribution >= 4 is 0 Å². The molecule has 0 saturated carbocycles. The molecule has 1 aromatic carbocycles. The van der Waals surface area contributed by atoms with Gasteiger partial charge in [0.15, 0.2) is 0 Å². The number of hydrogen-bond donors (Lipinski definition) is 1. The highest BCUT2D eigenvalue weighted by atomic mass is 16.5.